The summed E-state index contributed by atoms with van der Waals surface area (Å²) in [5, 5.41) is 13.9. The molecule has 1 N–H and O–H groups in total. The second-order valence-corrected chi connectivity index (χ2v) is 8.73. The van der Waals surface area contributed by atoms with Crippen molar-refractivity contribution in [3.63, 3.8) is 0 Å². The summed E-state index contributed by atoms with van der Waals surface area (Å²) < 4.78 is 22.7. The maximum atomic E-state index is 12.1. The number of thiophene rings is 1. The summed E-state index contributed by atoms with van der Waals surface area (Å²) in [5.74, 6) is -0.515. The number of aryl methyl sites for hydroxylation is 1. The van der Waals surface area contributed by atoms with Gasteiger partial charge in [-0.2, -0.15) is 5.26 Å². The molecular weight excluding hydrogens is 320 g/mol. The second-order valence-electron chi connectivity index (χ2n) is 5.70. The van der Waals surface area contributed by atoms with Crippen LogP contribution in [0.1, 0.15) is 35.3 Å². The van der Waals surface area contributed by atoms with Crippen LogP contribution >= 0.6 is 11.3 Å². The highest BCUT2D eigenvalue weighted by Gasteiger charge is 2.26. The lowest BCUT2D eigenvalue weighted by Crippen LogP contribution is -2.17. The standard InChI is InChI=1S/C15H16N2O3S2/c16-8-12-11-3-1-2-4-13(11)21-15(12)17-14(18)7-10-5-6-22(19,20)9-10/h5-6,10H,1-4,7,9H2,(H,17,18). The largest absolute Gasteiger partial charge is 0.317 e. The Balaban J connectivity index is 1.71. The fraction of sp³-hybridized carbons (Fsp3) is 0.467. The van der Waals surface area contributed by atoms with Gasteiger partial charge in [0.1, 0.15) is 11.1 Å². The zero-order valence-electron chi connectivity index (χ0n) is 12.0. The molecule has 1 unspecified atom stereocenters. The Morgan fingerprint density at radius 1 is 1.41 bits per heavy atom. The number of anilines is 1. The van der Waals surface area contributed by atoms with Gasteiger partial charge < -0.3 is 5.32 Å². The van der Waals surface area contributed by atoms with Crippen LogP contribution in [-0.4, -0.2) is 20.1 Å². The number of nitriles is 1. The molecule has 2 aliphatic rings. The van der Waals surface area contributed by atoms with Crippen LogP contribution in [0.25, 0.3) is 0 Å². The summed E-state index contributed by atoms with van der Waals surface area (Å²) in [6.45, 7) is 0. The number of allylic oxidation sites excluding steroid dienone is 1. The first-order valence-electron chi connectivity index (χ1n) is 7.24. The number of fused-ring (bicyclic) bond motifs is 1. The lowest BCUT2D eigenvalue weighted by atomic mass is 9.96. The molecular formula is C15H16N2O3S2. The van der Waals surface area contributed by atoms with Crippen LogP contribution in [0, 0.1) is 17.2 Å². The van der Waals surface area contributed by atoms with Crippen molar-refractivity contribution in [3.8, 4) is 6.07 Å². The monoisotopic (exact) mass is 336 g/mol. The molecule has 1 aromatic rings. The summed E-state index contributed by atoms with van der Waals surface area (Å²) in [6.07, 6.45) is 5.76. The number of amides is 1. The Bertz CT molecular complexity index is 784. The first-order chi connectivity index (χ1) is 10.5. The first kappa shape index (κ1) is 15.3. The maximum Gasteiger partial charge on any atom is 0.225 e. The maximum absolute atomic E-state index is 12.1. The van der Waals surface area contributed by atoms with E-state index in [9.17, 15) is 18.5 Å². The molecule has 0 saturated carbocycles. The van der Waals surface area contributed by atoms with Crippen molar-refractivity contribution >= 4 is 32.1 Å². The van der Waals surface area contributed by atoms with Gasteiger partial charge in [0.25, 0.3) is 0 Å². The van der Waals surface area contributed by atoms with Gasteiger partial charge in [-0.3, -0.25) is 4.79 Å². The SMILES string of the molecule is N#Cc1c(NC(=O)CC2C=CS(=O)(=O)C2)sc2c1CCCC2. The minimum absolute atomic E-state index is 0.00747. The van der Waals surface area contributed by atoms with Crippen molar-refractivity contribution < 1.29 is 13.2 Å². The molecule has 5 nitrogen and oxygen atoms in total. The summed E-state index contributed by atoms with van der Waals surface area (Å²) in [6, 6.07) is 2.20. The van der Waals surface area contributed by atoms with E-state index in [1.807, 2.05) is 0 Å². The Morgan fingerprint density at radius 3 is 2.86 bits per heavy atom. The van der Waals surface area contributed by atoms with Crippen LogP contribution < -0.4 is 5.32 Å². The van der Waals surface area contributed by atoms with Crippen molar-refractivity contribution in [2.75, 3.05) is 11.1 Å². The number of rotatable bonds is 3. The molecule has 1 aliphatic heterocycles. The van der Waals surface area contributed by atoms with Crippen molar-refractivity contribution in [1.29, 1.82) is 5.26 Å². The normalized spacial score (nSPS) is 22.0. The lowest BCUT2D eigenvalue weighted by Gasteiger charge is -2.09. The number of carbonyl (C=O) groups is 1. The number of nitrogens with zero attached hydrogens (tertiary/aromatic N) is 1. The molecule has 116 valence electrons. The van der Waals surface area contributed by atoms with Crippen LogP contribution in [0.3, 0.4) is 0 Å². The second kappa shape index (κ2) is 5.86. The average molecular weight is 336 g/mol. The van der Waals surface area contributed by atoms with E-state index in [1.165, 1.54) is 21.6 Å². The molecule has 1 aromatic heterocycles. The van der Waals surface area contributed by atoms with Gasteiger partial charge >= 0.3 is 0 Å². The molecule has 0 bridgehead atoms. The van der Waals surface area contributed by atoms with Crippen LogP contribution in [0.5, 0.6) is 0 Å². The predicted octanol–water partition coefficient (Wildman–Crippen LogP) is 2.39. The highest BCUT2D eigenvalue weighted by Crippen LogP contribution is 2.37. The van der Waals surface area contributed by atoms with Gasteiger partial charge in [0.15, 0.2) is 9.84 Å². The Labute approximate surface area is 133 Å². The van der Waals surface area contributed by atoms with E-state index < -0.39 is 9.84 Å². The van der Waals surface area contributed by atoms with E-state index in [-0.39, 0.29) is 24.0 Å². The van der Waals surface area contributed by atoms with Gasteiger partial charge in [-0.25, -0.2) is 8.42 Å². The highest BCUT2D eigenvalue weighted by atomic mass is 32.2. The number of hydrogen-bond acceptors (Lipinski definition) is 5. The van der Waals surface area contributed by atoms with E-state index in [4.69, 9.17) is 0 Å². The molecule has 0 radical (unpaired) electrons. The van der Waals surface area contributed by atoms with E-state index in [2.05, 4.69) is 11.4 Å². The van der Waals surface area contributed by atoms with Gasteiger partial charge in [-0.1, -0.05) is 6.08 Å². The molecule has 1 amide bonds. The molecule has 3 rings (SSSR count). The molecule has 7 heteroatoms. The third kappa shape index (κ3) is 3.08. The van der Waals surface area contributed by atoms with E-state index >= 15 is 0 Å². The predicted molar refractivity (Wildman–Crippen MR) is 85.3 cm³/mol. The van der Waals surface area contributed by atoms with Gasteiger partial charge in [0.2, 0.25) is 5.91 Å². The van der Waals surface area contributed by atoms with Crippen molar-refractivity contribution in [2.45, 2.75) is 32.1 Å². The summed E-state index contributed by atoms with van der Waals surface area (Å²) in [5.41, 5.74) is 1.67. The van der Waals surface area contributed by atoms with Gasteiger partial charge in [-0.15, -0.1) is 11.3 Å². The quantitative estimate of drug-likeness (QED) is 0.918. The van der Waals surface area contributed by atoms with Crippen molar-refractivity contribution in [3.05, 3.63) is 27.5 Å². The minimum Gasteiger partial charge on any atom is -0.317 e. The lowest BCUT2D eigenvalue weighted by molar-refractivity contribution is -0.116. The summed E-state index contributed by atoms with van der Waals surface area (Å²) >= 11 is 1.48. The van der Waals surface area contributed by atoms with Crippen LogP contribution in [0.2, 0.25) is 0 Å². The smallest absolute Gasteiger partial charge is 0.225 e. The average Bonchev–Trinajstić information content (AvgIpc) is 2.97. The molecule has 0 aromatic carbocycles. The van der Waals surface area contributed by atoms with E-state index in [1.54, 1.807) is 6.08 Å². The fourth-order valence-corrected chi connectivity index (χ4v) is 5.61. The summed E-state index contributed by atoms with van der Waals surface area (Å²) in [4.78, 5) is 13.3. The molecule has 1 atom stereocenters. The Morgan fingerprint density at radius 2 is 2.18 bits per heavy atom. The number of sulfone groups is 1. The fourth-order valence-electron chi connectivity index (χ4n) is 2.96. The van der Waals surface area contributed by atoms with Gasteiger partial charge in [0, 0.05) is 22.6 Å². The third-order valence-corrected chi connectivity index (χ3v) is 6.66. The number of hydrogen-bond donors (Lipinski definition) is 1. The van der Waals surface area contributed by atoms with Crippen LogP contribution in [0.4, 0.5) is 5.00 Å². The zero-order chi connectivity index (χ0) is 15.7. The molecule has 2 heterocycles. The topological polar surface area (TPSA) is 87.0 Å². The van der Waals surface area contributed by atoms with E-state index in [0.717, 1.165) is 31.2 Å². The molecule has 0 fully saturated rings. The van der Waals surface area contributed by atoms with Crippen LogP contribution in [0.15, 0.2) is 11.5 Å². The summed E-state index contributed by atoms with van der Waals surface area (Å²) in [7, 11) is -3.14. The number of carbonyl (C=O) groups excluding carboxylic acids is 1. The molecule has 0 spiro atoms. The van der Waals surface area contributed by atoms with Crippen molar-refractivity contribution in [2.24, 2.45) is 5.92 Å². The van der Waals surface area contributed by atoms with Gasteiger partial charge in [-0.05, 0) is 31.2 Å². The minimum atomic E-state index is -3.14. The zero-order valence-corrected chi connectivity index (χ0v) is 13.6. The van der Waals surface area contributed by atoms with E-state index in [0.29, 0.717) is 10.6 Å². The number of nitrogens with one attached hydrogen (secondary N) is 1. The molecule has 22 heavy (non-hydrogen) atoms. The molecule has 0 saturated heterocycles. The first-order valence-corrected chi connectivity index (χ1v) is 9.77. The van der Waals surface area contributed by atoms with Crippen LogP contribution in [-0.2, 0) is 27.5 Å². The highest BCUT2D eigenvalue weighted by molar-refractivity contribution is 7.94. The van der Waals surface area contributed by atoms with Crippen molar-refractivity contribution in [1.82, 2.24) is 0 Å². The van der Waals surface area contributed by atoms with Gasteiger partial charge in [0.05, 0.1) is 11.3 Å². The molecule has 1 aliphatic carbocycles. The Kier molecular flexibility index (Phi) is 4.06. The Hall–Kier alpha value is -1.65. The third-order valence-electron chi connectivity index (χ3n) is 3.99.